The number of esters is 3. The summed E-state index contributed by atoms with van der Waals surface area (Å²) in [5.74, 6) is -1.41. The molecule has 0 amide bonds. The zero-order valence-electron chi connectivity index (χ0n) is 13.8. The predicted octanol–water partition coefficient (Wildman–Crippen LogP) is 1.59. The minimum absolute atomic E-state index is 0.0965. The molecule has 1 saturated heterocycles. The maximum atomic E-state index is 11.5. The SMILES string of the molecule is CC(=O)OC1CC(c2ccccc2)[Se]C(OC(C)=O)C1OC(C)=O. The predicted molar refractivity (Wildman–Crippen MR) is 86.2 cm³/mol. The summed E-state index contributed by atoms with van der Waals surface area (Å²) in [5, 5.41) is -0.595. The number of carbonyl (C=O) groups excluding carboxylic acids is 3. The molecule has 24 heavy (non-hydrogen) atoms. The molecule has 1 aromatic carbocycles. The Morgan fingerprint density at radius 2 is 1.50 bits per heavy atom. The van der Waals surface area contributed by atoms with Crippen LogP contribution in [0.2, 0.25) is 0 Å². The van der Waals surface area contributed by atoms with Crippen LogP contribution >= 0.6 is 0 Å². The maximum absolute atomic E-state index is 11.5. The Hall–Kier alpha value is -1.85. The first-order valence-corrected chi connectivity index (χ1v) is 9.56. The molecular formula is C17H20O6Se. The molecule has 0 aromatic heterocycles. The summed E-state index contributed by atoms with van der Waals surface area (Å²) < 4.78 is 16.1. The molecule has 0 saturated carbocycles. The zero-order chi connectivity index (χ0) is 17.7. The van der Waals surface area contributed by atoms with E-state index in [0.29, 0.717) is 6.42 Å². The summed E-state index contributed by atoms with van der Waals surface area (Å²) in [5.41, 5.74) is 1.09. The van der Waals surface area contributed by atoms with Gasteiger partial charge in [-0.25, -0.2) is 0 Å². The molecule has 0 bridgehead atoms. The molecule has 0 aliphatic carbocycles. The van der Waals surface area contributed by atoms with Gasteiger partial charge < -0.3 is 0 Å². The van der Waals surface area contributed by atoms with E-state index in [-0.39, 0.29) is 19.8 Å². The molecule has 1 fully saturated rings. The van der Waals surface area contributed by atoms with Crippen molar-refractivity contribution in [1.82, 2.24) is 0 Å². The molecule has 0 radical (unpaired) electrons. The molecular weight excluding hydrogens is 379 g/mol. The summed E-state index contributed by atoms with van der Waals surface area (Å²) in [6.07, 6.45) is -0.883. The quantitative estimate of drug-likeness (QED) is 0.435. The Bertz CT molecular complexity index is 576. The molecule has 1 aliphatic heterocycles. The molecule has 0 spiro atoms. The van der Waals surface area contributed by atoms with Crippen molar-refractivity contribution in [2.75, 3.05) is 0 Å². The van der Waals surface area contributed by atoms with Crippen LogP contribution in [0.3, 0.4) is 0 Å². The Labute approximate surface area is 147 Å². The van der Waals surface area contributed by atoms with Gasteiger partial charge >= 0.3 is 147 Å². The topological polar surface area (TPSA) is 78.9 Å². The van der Waals surface area contributed by atoms with Gasteiger partial charge in [0.2, 0.25) is 0 Å². The summed E-state index contributed by atoms with van der Waals surface area (Å²) in [7, 11) is 0. The van der Waals surface area contributed by atoms with Crippen LogP contribution in [0.5, 0.6) is 0 Å². The molecule has 1 aliphatic rings. The van der Waals surface area contributed by atoms with Crippen molar-refractivity contribution >= 4 is 32.9 Å². The Kier molecular flexibility index (Phi) is 6.40. The van der Waals surface area contributed by atoms with Crippen LogP contribution in [-0.2, 0) is 28.6 Å². The fourth-order valence-corrected chi connectivity index (χ4v) is 5.79. The van der Waals surface area contributed by atoms with Gasteiger partial charge in [-0.2, -0.15) is 0 Å². The summed E-state index contributed by atoms with van der Waals surface area (Å²) in [6.45, 7) is 3.91. The van der Waals surface area contributed by atoms with Gasteiger partial charge in [0, 0.05) is 0 Å². The average molecular weight is 399 g/mol. The second-order valence-corrected chi connectivity index (χ2v) is 8.21. The van der Waals surface area contributed by atoms with Crippen molar-refractivity contribution in [2.24, 2.45) is 0 Å². The molecule has 4 unspecified atom stereocenters. The molecule has 1 aromatic rings. The number of carbonyl (C=O) groups is 3. The first kappa shape index (κ1) is 18.5. The fraction of sp³-hybridized carbons (Fsp3) is 0.471. The van der Waals surface area contributed by atoms with E-state index in [9.17, 15) is 14.4 Å². The molecule has 2 rings (SSSR count). The van der Waals surface area contributed by atoms with Crippen LogP contribution in [0.15, 0.2) is 30.3 Å². The standard InChI is InChI=1S/C17H20O6Se/c1-10(18)21-14-9-15(13-7-5-4-6-8-13)24-17(23-12(3)20)16(14)22-11(2)19/h4-8,14-17H,9H2,1-3H3. The van der Waals surface area contributed by atoms with Gasteiger partial charge in [0.05, 0.1) is 0 Å². The normalized spacial score (nSPS) is 26.3. The molecule has 1 heterocycles. The second kappa shape index (κ2) is 8.31. The van der Waals surface area contributed by atoms with Gasteiger partial charge in [0.15, 0.2) is 0 Å². The van der Waals surface area contributed by atoms with E-state index < -0.39 is 35.1 Å². The van der Waals surface area contributed by atoms with Crippen molar-refractivity contribution < 1.29 is 28.6 Å². The van der Waals surface area contributed by atoms with Gasteiger partial charge in [0.25, 0.3) is 0 Å². The first-order valence-electron chi connectivity index (χ1n) is 7.59. The van der Waals surface area contributed by atoms with Gasteiger partial charge in [-0.3, -0.25) is 0 Å². The van der Waals surface area contributed by atoms with E-state index in [1.807, 2.05) is 30.3 Å². The van der Waals surface area contributed by atoms with Crippen molar-refractivity contribution in [3.05, 3.63) is 35.9 Å². The van der Waals surface area contributed by atoms with Crippen molar-refractivity contribution in [2.45, 2.75) is 49.2 Å². The van der Waals surface area contributed by atoms with Gasteiger partial charge in [-0.15, -0.1) is 0 Å². The minimum atomic E-state index is -0.768. The molecule has 130 valence electrons. The number of benzene rings is 1. The van der Waals surface area contributed by atoms with Crippen LogP contribution in [0.4, 0.5) is 0 Å². The van der Waals surface area contributed by atoms with E-state index in [1.165, 1.54) is 20.8 Å². The third kappa shape index (κ3) is 5.08. The Morgan fingerprint density at radius 3 is 2.04 bits per heavy atom. The number of ether oxygens (including phenoxy) is 3. The van der Waals surface area contributed by atoms with Crippen LogP contribution in [-0.4, -0.2) is 50.1 Å². The van der Waals surface area contributed by atoms with Gasteiger partial charge in [-0.05, 0) is 0 Å². The molecule has 4 atom stereocenters. The number of hydrogen-bond acceptors (Lipinski definition) is 6. The van der Waals surface area contributed by atoms with Gasteiger partial charge in [-0.1, -0.05) is 0 Å². The molecule has 6 nitrogen and oxygen atoms in total. The molecule has 7 heteroatoms. The second-order valence-electron chi connectivity index (χ2n) is 5.47. The monoisotopic (exact) mass is 400 g/mol. The van der Waals surface area contributed by atoms with E-state index >= 15 is 0 Å². The fourth-order valence-electron chi connectivity index (χ4n) is 2.61. The van der Waals surface area contributed by atoms with Crippen molar-refractivity contribution in [3.8, 4) is 0 Å². The summed E-state index contributed by atoms with van der Waals surface area (Å²) in [6, 6.07) is 9.78. The third-order valence-electron chi connectivity index (χ3n) is 3.45. The average Bonchev–Trinajstić information content (AvgIpc) is 2.49. The molecule has 0 N–H and O–H groups in total. The Morgan fingerprint density at radius 1 is 0.917 bits per heavy atom. The van der Waals surface area contributed by atoms with E-state index in [0.717, 1.165) is 5.56 Å². The van der Waals surface area contributed by atoms with Crippen LogP contribution in [0.1, 0.15) is 37.6 Å². The first-order chi connectivity index (χ1) is 11.4. The summed E-state index contributed by atoms with van der Waals surface area (Å²) in [4.78, 5) is 34.4. The van der Waals surface area contributed by atoms with E-state index in [2.05, 4.69) is 0 Å². The van der Waals surface area contributed by atoms with Crippen LogP contribution in [0, 0.1) is 0 Å². The van der Waals surface area contributed by atoms with Crippen LogP contribution in [0.25, 0.3) is 0 Å². The van der Waals surface area contributed by atoms with E-state index in [4.69, 9.17) is 14.2 Å². The van der Waals surface area contributed by atoms with E-state index in [1.54, 1.807) is 0 Å². The van der Waals surface area contributed by atoms with Gasteiger partial charge in [0.1, 0.15) is 0 Å². The van der Waals surface area contributed by atoms with Crippen molar-refractivity contribution in [3.63, 3.8) is 0 Å². The zero-order valence-corrected chi connectivity index (χ0v) is 15.5. The Balaban J connectivity index is 2.29. The summed E-state index contributed by atoms with van der Waals surface area (Å²) >= 11 is -0.163. The van der Waals surface area contributed by atoms with Crippen molar-refractivity contribution in [1.29, 1.82) is 0 Å². The number of hydrogen-bond donors (Lipinski definition) is 0. The number of rotatable bonds is 4. The third-order valence-corrected chi connectivity index (χ3v) is 6.44. The van der Waals surface area contributed by atoms with Crippen LogP contribution < -0.4 is 0 Å².